The Morgan fingerprint density at radius 3 is 3.14 bits per heavy atom. The molecule has 0 saturated heterocycles. The highest BCUT2D eigenvalue weighted by Gasteiger charge is 2.04. The van der Waals surface area contributed by atoms with E-state index in [-0.39, 0.29) is 5.97 Å². The molecule has 1 heterocycles. The van der Waals surface area contributed by atoms with E-state index < -0.39 is 0 Å². The quantitative estimate of drug-likeness (QED) is 0.426. The van der Waals surface area contributed by atoms with E-state index in [1.165, 1.54) is 13.3 Å². The van der Waals surface area contributed by atoms with Gasteiger partial charge in [-0.25, -0.2) is 9.78 Å². The molecule has 0 spiro atoms. The van der Waals surface area contributed by atoms with E-state index in [9.17, 15) is 4.79 Å². The minimum atomic E-state index is -0.388. The van der Waals surface area contributed by atoms with E-state index >= 15 is 0 Å². The van der Waals surface area contributed by atoms with Crippen LogP contribution in [0.25, 0.3) is 0 Å². The molecule has 0 radical (unpaired) electrons. The van der Waals surface area contributed by atoms with Crippen LogP contribution < -0.4 is 0 Å². The number of esters is 1. The standard InChI is InChI=1S/C10H9NO2S/c1-13-10(12)8-4-5-11-9(7-8)3-2-6-14/h4-5,7,14H,6H2,1H3. The highest BCUT2D eigenvalue weighted by atomic mass is 32.1. The zero-order chi connectivity index (χ0) is 10.4. The number of methoxy groups -OCH3 is 1. The zero-order valence-corrected chi connectivity index (χ0v) is 8.54. The van der Waals surface area contributed by atoms with Crippen molar-refractivity contribution in [2.45, 2.75) is 0 Å². The predicted octanol–water partition coefficient (Wildman–Crippen LogP) is 1.15. The van der Waals surface area contributed by atoms with Gasteiger partial charge in [0.25, 0.3) is 0 Å². The number of nitrogens with zero attached hydrogens (tertiary/aromatic N) is 1. The lowest BCUT2D eigenvalue weighted by Crippen LogP contribution is -2.01. The average Bonchev–Trinajstić information content (AvgIpc) is 2.25. The fourth-order valence-corrected chi connectivity index (χ4v) is 0.953. The molecule has 0 atom stereocenters. The van der Waals surface area contributed by atoms with Gasteiger partial charge in [0.05, 0.1) is 18.4 Å². The van der Waals surface area contributed by atoms with Gasteiger partial charge in [0, 0.05) is 6.20 Å². The Hall–Kier alpha value is -1.47. The average molecular weight is 207 g/mol. The molecule has 14 heavy (non-hydrogen) atoms. The zero-order valence-electron chi connectivity index (χ0n) is 7.65. The minimum absolute atomic E-state index is 0.388. The van der Waals surface area contributed by atoms with Crippen molar-refractivity contribution in [1.29, 1.82) is 0 Å². The molecule has 0 bridgehead atoms. The molecule has 0 aliphatic heterocycles. The van der Waals surface area contributed by atoms with Crippen molar-refractivity contribution in [3.8, 4) is 11.8 Å². The first kappa shape index (κ1) is 10.6. The van der Waals surface area contributed by atoms with Gasteiger partial charge in [0.1, 0.15) is 5.69 Å². The summed E-state index contributed by atoms with van der Waals surface area (Å²) in [6.45, 7) is 0. The van der Waals surface area contributed by atoms with Crippen LogP contribution in [-0.2, 0) is 4.74 Å². The van der Waals surface area contributed by atoms with Gasteiger partial charge < -0.3 is 4.74 Å². The first-order valence-corrected chi connectivity index (χ1v) is 4.55. The Kier molecular flexibility index (Phi) is 4.02. The molecule has 1 aromatic rings. The monoisotopic (exact) mass is 207 g/mol. The summed E-state index contributed by atoms with van der Waals surface area (Å²) >= 11 is 3.94. The fourth-order valence-electron chi connectivity index (χ4n) is 0.874. The van der Waals surface area contributed by atoms with Crippen molar-refractivity contribution >= 4 is 18.6 Å². The third-order valence-corrected chi connectivity index (χ3v) is 1.63. The highest BCUT2D eigenvalue weighted by molar-refractivity contribution is 7.80. The maximum Gasteiger partial charge on any atom is 0.338 e. The van der Waals surface area contributed by atoms with Crippen molar-refractivity contribution in [1.82, 2.24) is 4.98 Å². The van der Waals surface area contributed by atoms with Gasteiger partial charge >= 0.3 is 5.97 Å². The predicted molar refractivity (Wildman–Crippen MR) is 56.3 cm³/mol. The summed E-state index contributed by atoms with van der Waals surface area (Å²) in [6.07, 6.45) is 1.52. The highest BCUT2D eigenvalue weighted by Crippen LogP contribution is 2.02. The molecule has 72 valence electrons. The van der Waals surface area contributed by atoms with E-state index in [1.807, 2.05) is 0 Å². The SMILES string of the molecule is COC(=O)c1ccnc(C#CCS)c1. The molecule has 4 heteroatoms. The Morgan fingerprint density at radius 2 is 2.50 bits per heavy atom. The summed E-state index contributed by atoms with van der Waals surface area (Å²) in [5.74, 6) is 5.59. The summed E-state index contributed by atoms with van der Waals surface area (Å²) in [4.78, 5) is 15.1. The summed E-state index contributed by atoms with van der Waals surface area (Å²) in [6, 6.07) is 3.17. The molecule has 0 aliphatic carbocycles. The maximum atomic E-state index is 11.1. The summed E-state index contributed by atoms with van der Waals surface area (Å²) in [5, 5.41) is 0. The topological polar surface area (TPSA) is 39.2 Å². The molecular formula is C10H9NO2S. The van der Waals surface area contributed by atoms with Gasteiger partial charge in [-0.2, -0.15) is 12.6 Å². The van der Waals surface area contributed by atoms with Gasteiger partial charge in [0.2, 0.25) is 0 Å². The minimum Gasteiger partial charge on any atom is -0.465 e. The normalized spacial score (nSPS) is 8.71. The molecule has 0 aromatic carbocycles. The second-order valence-electron chi connectivity index (χ2n) is 2.38. The van der Waals surface area contributed by atoms with Crippen molar-refractivity contribution < 1.29 is 9.53 Å². The molecule has 1 aromatic heterocycles. The number of rotatable bonds is 1. The lowest BCUT2D eigenvalue weighted by atomic mass is 10.2. The third-order valence-electron chi connectivity index (χ3n) is 1.48. The molecule has 1 rings (SSSR count). The molecule has 0 N–H and O–H groups in total. The van der Waals surface area contributed by atoms with E-state index in [0.29, 0.717) is 17.0 Å². The van der Waals surface area contributed by atoms with Gasteiger partial charge in [-0.3, -0.25) is 0 Å². The molecule has 0 amide bonds. The Labute approximate surface area is 87.9 Å². The van der Waals surface area contributed by atoms with Crippen LogP contribution in [0, 0.1) is 11.8 Å². The van der Waals surface area contributed by atoms with E-state index in [2.05, 4.69) is 34.2 Å². The smallest absolute Gasteiger partial charge is 0.338 e. The summed E-state index contributed by atoms with van der Waals surface area (Å²) in [7, 11) is 1.34. The van der Waals surface area contributed by atoms with Crippen molar-refractivity contribution in [2.24, 2.45) is 0 Å². The van der Waals surface area contributed by atoms with Gasteiger partial charge in [-0.1, -0.05) is 5.92 Å². The van der Waals surface area contributed by atoms with Gasteiger partial charge in [-0.15, -0.1) is 0 Å². The van der Waals surface area contributed by atoms with Crippen molar-refractivity contribution in [3.63, 3.8) is 0 Å². The summed E-state index contributed by atoms with van der Waals surface area (Å²) < 4.78 is 4.57. The molecule has 0 unspecified atom stereocenters. The maximum absolute atomic E-state index is 11.1. The van der Waals surface area contributed by atoms with Crippen LogP contribution in [0.4, 0.5) is 0 Å². The Balaban J connectivity index is 2.95. The molecule has 0 fully saturated rings. The van der Waals surface area contributed by atoms with Gasteiger partial charge in [0.15, 0.2) is 0 Å². The number of thiol groups is 1. The number of hydrogen-bond acceptors (Lipinski definition) is 4. The van der Waals surface area contributed by atoms with Crippen LogP contribution in [0.5, 0.6) is 0 Å². The number of ether oxygens (including phenoxy) is 1. The first-order chi connectivity index (χ1) is 6.77. The third kappa shape index (κ3) is 2.79. The molecule has 0 saturated carbocycles. The van der Waals surface area contributed by atoms with E-state index in [0.717, 1.165) is 0 Å². The lowest BCUT2D eigenvalue weighted by molar-refractivity contribution is 0.0600. The van der Waals surface area contributed by atoms with E-state index in [1.54, 1.807) is 12.1 Å². The van der Waals surface area contributed by atoms with Gasteiger partial charge in [-0.05, 0) is 18.1 Å². The number of carbonyl (C=O) groups excluding carboxylic acids is 1. The lowest BCUT2D eigenvalue weighted by Gasteiger charge is -1.97. The van der Waals surface area contributed by atoms with Crippen LogP contribution in [0.3, 0.4) is 0 Å². The second kappa shape index (κ2) is 5.30. The molecule has 3 nitrogen and oxygen atoms in total. The molecule has 0 aliphatic rings. The van der Waals surface area contributed by atoms with Crippen LogP contribution in [0.1, 0.15) is 16.1 Å². The van der Waals surface area contributed by atoms with Crippen molar-refractivity contribution in [3.05, 3.63) is 29.6 Å². The number of carbonyl (C=O) groups is 1. The number of aromatic nitrogens is 1. The van der Waals surface area contributed by atoms with Crippen LogP contribution >= 0.6 is 12.6 Å². The van der Waals surface area contributed by atoms with Crippen LogP contribution in [0.2, 0.25) is 0 Å². The molecular weight excluding hydrogens is 198 g/mol. The number of pyridine rings is 1. The van der Waals surface area contributed by atoms with Crippen molar-refractivity contribution in [2.75, 3.05) is 12.9 Å². The second-order valence-corrected chi connectivity index (χ2v) is 2.70. The first-order valence-electron chi connectivity index (χ1n) is 3.92. The van der Waals surface area contributed by atoms with Crippen LogP contribution in [-0.4, -0.2) is 23.8 Å². The largest absolute Gasteiger partial charge is 0.465 e. The summed E-state index contributed by atoms with van der Waals surface area (Å²) in [5.41, 5.74) is 0.993. The Bertz CT molecular complexity index is 393. The number of hydrogen-bond donors (Lipinski definition) is 1. The Morgan fingerprint density at radius 1 is 1.71 bits per heavy atom. The fraction of sp³-hybridized carbons (Fsp3) is 0.200. The van der Waals surface area contributed by atoms with E-state index in [4.69, 9.17) is 0 Å². The van der Waals surface area contributed by atoms with Crippen LogP contribution in [0.15, 0.2) is 18.3 Å².